The quantitative estimate of drug-likeness (QED) is 0.461. The molecular formula is C24H38N2. The highest BCUT2D eigenvalue weighted by molar-refractivity contribution is 5.85. The second-order valence-corrected chi connectivity index (χ2v) is 8.06. The minimum absolute atomic E-state index is 1.19. The normalized spacial score (nSPS) is 15.8. The number of fused-ring (bicyclic) bond motifs is 1. The van der Waals surface area contributed by atoms with Crippen LogP contribution < -0.4 is 0 Å². The highest BCUT2D eigenvalue weighted by atomic mass is 15.1. The standard InChI is InChI=1S/C24H38N2/c1-3-13-21-22-15-7-8-16-24(22)26(23(21)14-4-2)20-12-6-11-19-25-17-9-5-10-18-25/h7-8,15-16H,3-6,9-14,17-20H2,1-2H3. The maximum Gasteiger partial charge on any atom is 0.0485 e. The summed E-state index contributed by atoms with van der Waals surface area (Å²) in [7, 11) is 0. The lowest BCUT2D eigenvalue weighted by Gasteiger charge is -2.26. The van der Waals surface area contributed by atoms with Crippen LogP contribution in [0.5, 0.6) is 0 Å². The van der Waals surface area contributed by atoms with Crippen molar-refractivity contribution in [1.82, 2.24) is 9.47 Å². The largest absolute Gasteiger partial charge is 0.344 e. The molecule has 2 aromatic rings. The SMILES string of the molecule is CCCc1c(CCC)n(CCCCCN2CCCCC2)c2ccccc12. The number of likely N-dealkylation sites (tertiary alicyclic amines) is 1. The van der Waals surface area contributed by atoms with E-state index < -0.39 is 0 Å². The molecule has 0 bridgehead atoms. The lowest BCUT2D eigenvalue weighted by molar-refractivity contribution is 0.224. The highest BCUT2D eigenvalue weighted by Crippen LogP contribution is 2.29. The van der Waals surface area contributed by atoms with Crippen molar-refractivity contribution in [2.75, 3.05) is 19.6 Å². The topological polar surface area (TPSA) is 8.17 Å². The third-order valence-electron chi connectivity index (χ3n) is 5.99. The molecule has 1 saturated heterocycles. The average molecular weight is 355 g/mol. The van der Waals surface area contributed by atoms with Crippen LogP contribution in [-0.2, 0) is 19.4 Å². The molecule has 0 unspecified atom stereocenters. The number of unbranched alkanes of at least 4 members (excludes halogenated alkanes) is 2. The molecule has 0 spiro atoms. The summed E-state index contributed by atoms with van der Waals surface area (Å²) in [5.74, 6) is 0. The Bertz CT molecular complexity index is 664. The van der Waals surface area contributed by atoms with E-state index in [1.54, 1.807) is 11.3 Å². The van der Waals surface area contributed by atoms with Gasteiger partial charge in [0, 0.05) is 23.1 Å². The van der Waals surface area contributed by atoms with Crippen molar-refractivity contribution in [2.24, 2.45) is 0 Å². The third kappa shape index (κ3) is 4.71. The number of hydrogen-bond acceptors (Lipinski definition) is 1. The molecule has 1 aromatic heterocycles. The van der Waals surface area contributed by atoms with Crippen molar-refractivity contribution in [3.05, 3.63) is 35.5 Å². The molecule has 0 saturated carbocycles. The summed E-state index contributed by atoms with van der Waals surface area (Å²) < 4.78 is 2.66. The molecule has 0 radical (unpaired) electrons. The van der Waals surface area contributed by atoms with E-state index in [1.165, 1.54) is 101 Å². The Hall–Kier alpha value is -1.28. The third-order valence-corrected chi connectivity index (χ3v) is 5.99. The zero-order valence-electron chi connectivity index (χ0n) is 17.1. The van der Waals surface area contributed by atoms with Crippen molar-refractivity contribution < 1.29 is 0 Å². The summed E-state index contributed by atoms with van der Waals surface area (Å²) in [6.07, 6.45) is 13.2. The van der Waals surface area contributed by atoms with Crippen LogP contribution >= 0.6 is 0 Å². The summed E-state index contributed by atoms with van der Waals surface area (Å²) in [6.45, 7) is 9.81. The van der Waals surface area contributed by atoms with Crippen LogP contribution in [0.4, 0.5) is 0 Å². The monoisotopic (exact) mass is 354 g/mol. The molecule has 0 N–H and O–H groups in total. The molecule has 1 aromatic carbocycles. The van der Waals surface area contributed by atoms with Gasteiger partial charge in [0.15, 0.2) is 0 Å². The molecule has 2 heterocycles. The van der Waals surface area contributed by atoms with Gasteiger partial charge in [-0.2, -0.15) is 0 Å². The van der Waals surface area contributed by atoms with Gasteiger partial charge in [-0.1, -0.05) is 57.7 Å². The van der Waals surface area contributed by atoms with Crippen molar-refractivity contribution in [1.29, 1.82) is 0 Å². The predicted molar refractivity (Wildman–Crippen MR) is 114 cm³/mol. The number of aryl methyl sites for hydroxylation is 2. The second kappa shape index (κ2) is 10.2. The van der Waals surface area contributed by atoms with Gasteiger partial charge in [0.25, 0.3) is 0 Å². The van der Waals surface area contributed by atoms with E-state index in [0.29, 0.717) is 0 Å². The van der Waals surface area contributed by atoms with Gasteiger partial charge < -0.3 is 9.47 Å². The molecule has 3 rings (SSSR count). The highest BCUT2D eigenvalue weighted by Gasteiger charge is 2.15. The Labute approximate surface area is 160 Å². The number of hydrogen-bond donors (Lipinski definition) is 0. The maximum atomic E-state index is 2.68. The number of aromatic nitrogens is 1. The zero-order valence-corrected chi connectivity index (χ0v) is 17.1. The number of benzene rings is 1. The van der Waals surface area contributed by atoms with E-state index in [9.17, 15) is 0 Å². The van der Waals surface area contributed by atoms with Gasteiger partial charge in [-0.3, -0.25) is 0 Å². The van der Waals surface area contributed by atoms with Crippen LogP contribution in [0, 0.1) is 0 Å². The van der Waals surface area contributed by atoms with Gasteiger partial charge in [-0.25, -0.2) is 0 Å². The number of nitrogens with zero attached hydrogens (tertiary/aromatic N) is 2. The average Bonchev–Trinajstić information content (AvgIpc) is 2.96. The van der Waals surface area contributed by atoms with Crippen LogP contribution in [0.2, 0.25) is 0 Å². The summed E-state index contributed by atoms with van der Waals surface area (Å²) in [5, 5.41) is 1.51. The molecule has 0 atom stereocenters. The van der Waals surface area contributed by atoms with Crippen LogP contribution in [0.1, 0.15) is 76.5 Å². The van der Waals surface area contributed by atoms with Gasteiger partial charge in [-0.15, -0.1) is 0 Å². The summed E-state index contributed by atoms with van der Waals surface area (Å²) >= 11 is 0. The molecule has 0 amide bonds. The van der Waals surface area contributed by atoms with Gasteiger partial charge in [-0.05, 0) is 69.8 Å². The Morgan fingerprint density at radius 3 is 2.31 bits per heavy atom. The van der Waals surface area contributed by atoms with Gasteiger partial charge in [0.2, 0.25) is 0 Å². The fourth-order valence-corrected chi connectivity index (χ4v) is 4.70. The maximum absolute atomic E-state index is 2.68. The van der Waals surface area contributed by atoms with E-state index in [4.69, 9.17) is 0 Å². The lowest BCUT2D eigenvalue weighted by atomic mass is 10.0. The smallest absolute Gasteiger partial charge is 0.0485 e. The Kier molecular flexibility index (Phi) is 7.61. The molecule has 144 valence electrons. The first-order chi connectivity index (χ1) is 12.8. The molecule has 0 aliphatic carbocycles. The van der Waals surface area contributed by atoms with Crippen LogP contribution in [0.15, 0.2) is 24.3 Å². The number of rotatable bonds is 10. The van der Waals surface area contributed by atoms with Crippen molar-refractivity contribution in [2.45, 2.75) is 84.6 Å². The van der Waals surface area contributed by atoms with E-state index in [-0.39, 0.29) is 0 Å². The van der Waals surface area contributed by atoms with Crippen molar-refractivity contribution in [3.63, 3.8) is 0 Å². The Balaban J connectivity index is 1.63. The van der Waals surface area contributed by atoms with E-state index in [1.807, 2.05) is 0 Å². The van der Waals surface area contributed by atoms with Crippen LogP contribution in [-0.4, -0.2) is 29.1 Å². The number of piperidine rings is 1. The Morgan fingerprint density at radius 1 is 0.808 bits per heavy atom. The first kappa shape index (κ1) is 19.5. The van der Waals surface area contributed by atoms with Gasteiger partial charge >= 0.3 is 0 Å². The fraction of sp³-hybridized carbons (Fsp3) is 0.667. The van der Waals surface area contributed by atoms with E-state index >= 15 is 0 Å². The fourth-order valence-electron chi connectivity index (χ4n) is 4.70. The molecular weight excluding hydrogens is 316 g/mol. The van der Waals surface area contributed by atoms with Gasteiger partial charge in [0.05, 0.1) is 0 Å². The molecule has 1 aliphatic rings. The summed E-state index contributed by atoms with van der Waals surface area (Å²) in [5.41, 5.74) is 4.71. The molecule has 2 nitrogen and oxygen atoms in total. The summed E-state index contributed by atoms with van der Waals surface area (Å²) in [4.78, 5) is 2.68. The first-order valence-electron chi connectivity index (χ1n) is 11.2. The molecule has 26 heavy (non-hydrogen) atoms. The van der Waals surface area contributed by atoms with E-state index in [2.05, 4.69) is 47.6 Å². The lowest BCUT2D eigenvalue weighted by Crippen LogP contribution is -2.30. The Morgan fingerprint density at radius 2 is 1.54 bits per heavy atom. The summed E-state index contributed by atoms with van der Waals surface area (Å²) in [6, 6.07) is 9.09. The molecule has 1 aliphatic heterocycles. The van der Waals surface area contributed by atoms with Crippen molar-refractivity contribution in [3.8, 4) is 0 Å². The van der Waals surface area contributed by atoms with Crippen molar-refractivity contribution >= 4 is 10.9 Å². The first-order valence-corrected chi connectivity index (χ1v) is 11.2. The minimum atomic E-state index is 1.19. The predicted octanol–water partition coefficient (Wildman–Crippen LogP) is 6.20. The molecule has 1 fully saturated rings. The minimum Gasteiger partial charge on any atom is -0.344 e. The number of para-hydroxylation sites is 1. The molecule has 2 heteroatoms. The zero-order chi connectivity index (χ0) is 18.2. The second-order valence-electron chi connectivity index (χ2n) is 8.06. The van der Waals surface area contributed by atoms with Gasteiger partial charge in [0.1, 0.15) is 0 Å². The van der Waals surface area contributed by atoms with Crippen LogP contribution in [0.3, 0.4) is 0 Å². The van der Waals surface area contributed by atoms with Crippen LogP contribution in [0.25, 0.3) is 10.9 Å². The van der Waals surface area contributed by atoms with E-state index in [0.717, 1.165) is 0 Å².